The average Bonchev–Trinajstić information content (AvgIpc) is 2.95. The number of carboxylic acids is 1. The average molecular weight is 314 g/mol. The SMILES string of the molecule is O=C(O)[C@@H]1COCCN1C(=O)c1cc(Cl)c2c(c1)OCO2. The maximum atomic E-state index is 12.5. The van der Waals surface area contributed by atoms with Crippen molar-refractivity contribution in [2.75, 3.05) is 26.6 Å². The number of hydrogen-bond acceptors (Lipinski definition) is 5. The summed E-state index contributed by atoms with van der Waals surface area (Å²) >= 11 is 6.04. The molecule has 2 aliphatic rings. The number of hydrogen-bond donors (Lipinski definition) is 1. The van der Waals surface area contributed by atoms with Gasteiger partial charge in [-0.15, -0.1) is 0 Å². The third-order valence-corrected chi connectivity index (χ3v) is 3.63. The van der Waals surface area contributed by atoms with E-state index < -0.39 is 17.9 Å². The zero-order valence-corrected chi connectivity index (χ0v) is 11.6. The number of halogens is 1. The van der Waals surface area contributed by atoms with Crippen LogP contribution in [0.2, 0.25) is 5.02 Å². The molecule has 7 nitrogen and oxygen atoms in total. The highest BCUT2D eigenvalue weighted by molar-refractivity contribution is 6.32. The quantitative estimate of drug-likeness (QED) is 0.876. The van der Waals surface area contributed by atoms with Crippen molar-refractivity contribution < 1.29 is 28.9 Å². The van der Waals surface area contributed by atoms with Crippen molar-refractivity contribution in [2.24, 2.45) is 0 Å². The van der Waals surface area contributed by atoms with E-state index in [4.69, 9.17) is 30.9 Å². The van der Waals surface area contributed by atoms with Gasteiger partial charge >= 0.3 is 5.97 Å². The first-order valence-corrected chi connectivity index (χ1v) is 6.66. The molecule has 1 saturated heterocycles. The van der Waals surface area contributed by atoms with Gasteiger partial charge in [0.1, 0.15) is 0 Å². The maximum Gasteiger partial charge on any atom is 0.328 e. The van der Waals surface area contributed by atoms with Crippen LogP contribution in [0.4, 0.5) is 0 Å². The summed E-state index contributed by atoms with van der Waals surface area (Å²) in [5.41, 5.74) is 0.261. The van der Waals surface area contributed by atoms with Gasteiger partial charge in [-0.25, -0.2) is 4.79 Å². The Labute approximate surface area is 124 Å². The van der Waals surface area contributed by atoms with Gasteiger partial charge in [-0.3, -0.25) is 4.79 Å². The van der Waals surface area contributed by atoms with Crippen molar-refractivity contribution in [1.82, 2.24) is 4.90 Å². The summed E-state index contributed by atoms with van der Waals surface area (Å²) in [6, 6.07) is 1.95. The van der Waals surface area contributed by atoms with Crippen molar-refractivity contribution in [3.63, 3.8) is 0 Å². The number of aliphatic carboxylic acids is 1. The molecule has 2 aliphatic heterocycles. The minimum atomic E-state index is -1.10. The van der Waals surface area contributed by atoms with Crippen LogP contribution in [0, 0.1) is 0 Å². The molecule has 1 fully saturated rings. The molecule has 0 aliphatic carbocycles. The van der Waals surface area contributed by atoms with Crippen LogP contribution in [-0.2, 0) is 9.53 Å². The summed E-state index contributed by atoms with van der Waals surface area (Å²) in [5, 5.41) is 9.43. The monoisotopic (exact) mass is 313 g/mol. The fourth-order valence-corrected chi connectivity index (χ4v) is 2.57. The summed E-state index contributed by atoms with van der Waals surface area (Å²) in [5.74, 6) is -0.753. The molecular formula is C13H12ClNO6. The third kappa shape index (κ3) is 2.50. The molecular weight excluding hydrogens is 302 g/mol. The Bertz CT molecular complexity index is 605. The molecule has 0 spiro atoms. The molecule has 0 unspecified atom stereocenters. The van der Waals surface area contributed by atoms with Crippen LogP contribution >= 0.6 is 11.6 Å². The van der Waals surface area contributed by atoms with Gasteiger partial charge in [0.15, 0.2) is 17.5 Å². The van der Waals surface area contributed by atoms with Crippen molar-refractivity contribution >= 4 is 23.5 Å². The zero-order chi connectivity index (χ0) is 15.0. The van der Waals surface area contributed by atoms with Gasteiger partial charge in [0.2, 0.25) is 6.79 Å². The van der Waals surface area contributed by atoms with E-state index in [1.54, 1.807) is 0 Å². The smallest absolute Gasteiger partial charge is 0.328 e. The second kappa shape index (κ2) is 5.42. The van der Waals surface area contributed by atoms with Gasteiger partial charge in [0.25, 0.3) is 5.91 Å². The van der Waals surface area contributed by atoms with E-state index in [0.717, 1.165) is 0 Å². The summed E-state index contributed by atoms with van der Waals surface area (Å²) < 4.78 is 15.5. The van der Waals surface area contributed by atoms with Crippen LogP contribution < -0.4 is 9.47 Å². The van der Waals surface area contributed by atoms with Crippen LogP contribution in [0.5, 0.6) is 11.5 Å². The van der Waals surface area contributed by atoms with Gasteiger partial charge in [-0.1, -0.05) is 11.6 Å². The molecule has 1 amide bonds. The summed E-state index contributed by atoms with van der Waals surface area (Å²) in [7, 11) is 0. The summed E-state index contributed by atoms with van der Waals surface area (Å²) in [4.78, 5) is 25.0. The zero-order valence-electron chi connectivity index (χ0n) is 10.9. The predicted octanol–water partition coefficient (Wildman–Crippen LogP) is 0.994. The van der Waals surface area contributed by atoms with Gasteiger partial charge in [-0.2, -0.15) is 0 Å². The minimum Gasteiger partial charge on any atom is -0.480 e. The molecule has 0 saturated carbocycles. The highest BCUT2D eigenvalue weighted by Crippen LogP contribution is 2.40. The molecule has 1 atom stereocenters. The van der Waals surface area contributed by atoms with Crippen molar-refractivity contribution in [3.05, 3.63) is 22.7 Å². The van der Waals surface area contributed by atoms with Crippen molar-refractivity contribution in [2.45, 2.75) is 6.04 Å². The van der Waals surface area contributed by atoms with E-state index >= 15 is 0 Å². The first-order chi connectivity index (χ1) is 10.1. The number of carbonyl (C=O) groups excluding carboxylic acids is 1. The van der Waals surface area contributed by atoms with Crippen LogP contribution in [0.25, 0.3) is 0 Å². The van der Waals surface area contributed by atoms with E-state index in [1.807, 2.05) is 0 Å². The normalized spacial score (nSPS) is 20.4. The summed E-state index contributed by atoms with van der Waals surface area (Å²) in [6.07, 6.45) is 0. The Balaban J connectivity index is 1.91. The number of rotatable bonds is 2. The number of carbonyl (C=O) groups is 2. The van der Waals surface area contributed by atoms with E-state index in [-0.39, 0.29) is 30.5 Å². The lowest BCUT2D eigenvalue weighted by Crippen LogP contribution is -2.52. The van der Waals surface area contributed by atoms with Gasteiger partial charge in [0, 0.05) is 12.1 Å². The minimum absolute atomic E-state index is 0.0284. The molecule has 2 heterocycles. The van der Waals surface area contributed by atoms with Crippen LogP contribution in [0.1, 0.15) is 10.4 Å². The number of morpholine rings is 1. The fourth-order valence-electron chi connectivity index (χ4n) is 2.31. The predicted molar refractivity (Wildman–Crippen MR) is 70.9 cm³/mol. The Kier molecular flexibility index (Phi) is 3.60. The third-order valence-electron chi connectivity index (χ3n) is 3.35. The van der Waals surface area contributed by atoms with Crippen LogP contribution in [0.15, 0.2) is 12.1 Å². The maximum absolute atomic E-state index is 12.5. The molecule has 1 aromatic carbocycles. The molecule has 1 aromatic rings. The largest absolute Gasteiger partial charge is 0.480 e. The Morgan fingerprint density at radius 1 is 1.33 bits per heavy atom. The molecule has 0 radical (unpaired) electrons. The first-order valence-electron chi connectivity index (χ1n) is 6.28. The molecule has 8 heteroatoms. The highest BCUT2D eigenvalue weighted by atomic mass is 35.5. The number of carboxylic acid groups (broad SMARTS) is 1. The second-order valence-electron chi connectivity index (χ2n) is 4.62. The Morgan fingerprint density at radius 2 is 2.14 bits per heavy atom. The van der Waals surface area contributed by atoms with E-state index in [0.29, 0.717) is 18.1 Å². The number of nitrogens with zero attached hydrogens (tertiary/aromatic N) is 1. The molecule has 21 heavy (non-hydrogen) atoms. The van der Waals surface area contributed by atoms with Gasteiger partial charge < -0.3 is 24.2 Å². The molecule has 1 N–H and O–H groups in total. The number of ether oxygens (including phenoxy) is 3. The second-order valence-corrected chi connectivity index (χ2v) is 5.03. The van der Waals surface area contributed by atoms with Crippen molar-refractivity contribution in [1.29, 1.82) is 0 Å². The molecule has 3 rings (SSSR count). The van der Waals surface area contributed by atoms with E-state index in [1.165, 1.54) is 17.0 Å². The lowest BCUT2D eigenvalue weighted by atomic mass is 10.1. The van der Waals surface area contributed by atoms with E-state index in [9.17, 15) is 9.59 Å². The molecule has 0 bridgehead atoms. The molecule has 112 valence electrons. The summed E-state index contributed by atoms with van der Waals surface area (Å²) in [6.45, 7) is 0.525. The van der Waals surface area contributed by atoms with Gasteiger partial charge in [0.05, 0.1) is 18.2 Å². The van der Waals surface area contributed by atoms with Crippen LogP contribution in [-0.4, -0.2) is 54.5 Å². The number of amides is 1. The highest BCUT2D eigenvalue weighted by Gasteiger charge is 2.34. The topological polar surface area (TPSA) is 85.3 Å². The van der Waals surface area contributed by atoms with Crippen molar-refractivity contribution in [3.8, 4) is 11.5 Å². The lowest BCUT2D eigenvalue weighted by Gasteiger charge is -2.32. The van der Waals surface area contributed by atoms with Gasteiger partial charge in [-0.05, 0) is 12.1 Å². The molecule has 0 aromatic heterocycles. The standard InChI is InChI=1S/C13H12ClNO6/c14-8-3-7(4-10-11(8)21-6-20-10)12(16)15-1-2-19-5-9(15)13(17)18/h3-4,9H,1-2,5-6H2,(H,17,18)/t9-/m0/s1. The lowest BCUT2D eigenvalue weighted by molar-refractivity contribution is -0.147. The van der Waals surface area contributed by atoms with E-state index in [2.05, 4.69) is 0 Å². The Hall–Kier alpha value is -1.99. The van der Waals surface area contributed by atoms with Crippen LogP contribution in [0.3, 0.4) is 0 Å². The Morgan fingerprint density at radius 3 is 2.90 bits per heavy atom. The number of benzene rings is 1. The number of fused-ring (bicyclic) bond motifs is 1. The first kappa shape index (κ1) is 14.0. The fraction of sp³-hybridized carbons (Fsp3) is 0.385.